The molecule has 1 aromatic carbocycles. The first kappa shape index (κ1) is 16.9. The minimum atomic E-state index is -0.228. The van der Waals surface area contributed by atoms with Crippen molar-refractivity contribution in [2.75, 3.05) is 26.4 Å². The molecule has 2 atom stereocenters. The van der Waals surface area contributed by atoms with Crippen molar-refractivity contribution >= 4 is 15.9 Å². The molecule has 1 aliphatic heterocycles. The summed E-state index contributed by atoms with van der Waals surface area (Å²) in [6, 6.07) is 5.31. The molecule has 0 bridgehead atoms. The normalized spacial score (nSPS) is 19.9. The minimum absolute atomic E-state index is 0.195. The van der Waals surface area contributed by atoms with E-state index in [4.69, 9.17) is 9.47 Å². The summed E-state index contributed by atoms with van der Waals surface area (Å²) in [5, 5.41) is 3.42. The Kier molecular flexibility index (Phi) is 7.10. The number of halogens is 2. The predicted octanol–water partition coefficient (Wildman–Crippen LogP) is 3.82. The van der Waals surface area contributed by atoms with Crippen LogP contribution in [0.3, 0.4) is 0 Å². The van der Waals surface area contributed by atoms with E-state index in [9.17, 15) is 4.39 Å². The van der Waals surface area contributed by atoms with Crippen molar-refractivity contribution in [3.8, 4) is 0 Å². The van der Waals surface area contributed by atoms with Gasteiger partial charge in [-0.15, -0.1) is 0 Å². The Labute approximate surface area is 134 Å². The highest BCUT2D eigenvalue weighted by Gasteiger charge is 2.15. The lowest BCUT2D eigenvalue weighted by Gasteiger charge is -2.15. The van der Waals surface area contributed by atoms with Crippen molar-refractivity contribution in [3.05, 3.63) is 34.1 Å². The van der Waals surface area contributed by atoms with Gasteiger partial charge >= 0.3 is 0 Å². The zero-order chi connectivity index (χ0) is 15.1. The number of hydrogen-bond donors (Lipinski definition) is 1. The Hall–Kier alpha value is -0.490. The van der Waals surface area contributed by atoms with E-state index in [2.05, 4.69) is 28.2 Å². The number of nitrogens with one attached hydrogen (secondary N) is 1. The van der Waals surface area contributed by atoms with Crippen LogP contribution in [0.15, 0.2) is 22.7 Å². The van der Waals surface area contributed by atoms with E-state index in [0.717, 1.165) is 44.6 Å². The standard InChI is InChI=1S/C16H23BrFNO2/c1-12(13-5-6-16(18)15(17)10-13)19-7-3-8-20-11-14-4-2-9-21-14/h5-6,10,12,14,19H,2-4,7-9,11H2,1H3. The lowest BCUT2D eigenvalue weighted by atomic mass is 10.1. The van der Waals surface area contributed by atoms with Crippen molar-refractivity contribution in [1.82, 2.24) is 5.32 Å². The summed E-state index contributed by atoms with van der Waals surface area (Å²) in [6.45, 7) is 5.28. The second kappa shape index (κ2) is 8.83. The molecule has 1 fully saturated rings. The fourth-order valence-corrected chi connectivity index (χ4v) is 2.78. The lowest BCUT2D eigenvalue weighted by molar-refractivity contribution is 0.0165. The van der Waals surface area contributed by atoms with Crippen LogP contribution in [0.25, 0.3) is 0 Å². The molecule has 0 amide bonds. The molecular weight excluding hydrogens is 337 g/mol. The summed E-state index contributed by atoms with van der Waals surface area (Å²) in [5.74, 6) is -0.228. The third-order valence-corrected chi connectivity index (χ3v) is 4.30. The van der Waals surface area contributed by atoms with Crippen molar-refractivity contribution < 1.29 is 13.9 Å². The molecule has 1 aliphatic rings. The predicted molar refractivity (Wildman–Crippen MR) is 84.9 cm³/mol. The second-order valence-electron chi connectivity index (χ2n) is 5.41. The van der Waals surface area contributed by atoms with Crippen LogP contribution in [0.2, 0.25) is 0 Å². The van der Waals surface area contributed by atoms with Crippen LogP contribution in [0.4, 0.5) is 4.39 Å². The van der Waals surface area contributed by atoms with Crippen LogP contribution in [0.5, 0.6) is 0 Å². The molecule has 1 aromatic rings. The maximum absolute atomic E-state index is 13.2. The first-order chi connectivity index (χ1) is 10.2. The molecule has 1 heterocycles. The Morgan fingerprint density at radius 3 is 3.10 bits per heavy atom. The van der Waals surface area contributed by atoms with Crippen molar-refractivity contribution in [2.45, 2.75) is 38.3 Å². The Morgan fingerprint density at radius 2 is 2.38 bits per heavy atom. The Bertz CT molecular complexity index is 438. The Balaban J connectivity index is 1.58. The van der Waals surface area contributed by atoms with Gasteiger partial charge < -0.3 is 14.8 Å². The van der Waals surface area contributed by atoms with E-state index in [1.165, 1.54) is 6.07 Å². The van der Waals surface area contributed by atoms with E-state index in [-0.39, 0.29) is 11.9 Å². The first-order valence-electron chi connectivity index (χ1n) is 7.54. The van der Waals surface area contributed by atoms with Crippen LogP contribution in [0, 0.1) is 5.82 Å². The molecule has 1 saturated heterocycles. The molecule has 0 saturated carbocycles. The van der Waals surface area contributed by atoms with Gasteiger partial charge in [-0.2, -0.15) is 0 Å². The fourth-order valence-electron chi connectivity index (χ4n) is 2.38. The summed E-state index contributed by atoms with van der Waals surface area (Å²) < 4.78 is 24.8. The van der Waals surface area contributed by atoms with Gasteiger partial charge in [0.1, 0.15) is 5.82 Å². The van der Waals surface area contributed by atoms with Gasteiger partial charge in [0.2, 0.25) is 0 Å². The topological polar surface area (TPSA) is 30.5 Å². The minimum Gasteiger partial charge on any atom is -0.379 e. The number of benzene rings is 1. The number of ether oxygens (including phenoxy) is 2. The van der Waals surface area contributed by atoms with Gasteiger partial charge in [0, 0.05) is 19.3 Å². The molecule has 0 aromatic heterocycles. The van der Waals surface area contributed by atoms with Crippen molar-refractivity contribution in [1.29, 1.82) is 0 Å². The summed E-state index contributed by atoms with van der Waals surface area (Å²) in [6.07, 6.45) is 3.53. The van der Waals surface area contributed by atoms with Gasteiger partial charge in [-0.1, -0.05) is 6.07 Å². The highest BCUT2D eigenvalue weighted by atomic mass is 79.9. The average Bonchev–Trinajstić information content (AvgIpc) is 2.98. The van der Waals surface area contributed by atoms with Crippen LogP contribution >= 0.6 is 15.9 Å². The quantitative estimate of drug-likeness (QED) is 0.715. The van der Waals surface area contributed by atoms with E-state index in [1.807, 2.05) is 12.1 Å². The molecule has 2 unspecified atom stereocenters. The van der Waals surface area contributed by atoms with Crippen LogP contribution in [0.1, 0.15) is 37.8 Å². The highest BCUT2D eigenvalue weighted by Crippen LogP contribution is 2.21. The van der Waals surface area contributed by atoms with Gasteiger partial charge in [-0.25, -0.2) is 4.39 Å². The Morgan fingerprint density at radius 1 is 1.52 bits per heavy atom. The van der Waals surface area contributed by atoms with Gasteiger partial charge in [-0.05, 0) is 66.4 Å². The molecule has 1 N–H and O–H groups in total. The smallest absolute Gasteiger partial charge is 0.137 e. The van der Waals surface area contributed by atoms with E-state index >= 15 is 0 Å². The zero-order valence-electron chi connectivity index (χ0n) is 12.4. The molecule has 0 aliphatic carbocycles. The monoisotopic (exact) mass is 359 g/mol. The molecular formula is C16H23BrFNO2. The third-order valence-electron chi connectivity index (χ3n) is 3.69. The SMILES string of the molecule is CC(NCCCOCC1CCCO1)c1ccc(F)c(Br)c1. The molecule has 5 heteroatoms. The van der Waals surface area contributed by atoms with E-state index in [1.54, 1.807) is 0 Å². The van der Waals surface area contributed by atoms with Gasteiger partial charge in [-0.3, -0.25) is 0 Å². The molecule has 3 nitrogen and oxygen atoms in total. The average molecular weight is 360 g/mol. The second-order valence-corrected chi connectivity index (χ2v) is 6.27. The first-order valence-corrected chi connectivity index (χ1v) is 8.34. The summed E-state index contributed by atoms with van der Waals surface area (Å²) >= 11 is 3.21. The van der Waals surface area contributed by atoms with Crippen LogP contribution in [-0.2, 0) is 9.47 Å². The fraction of sp³-hybridized carbons (Fsp3) is 0.625. The molecule has 0 radical (unpaired) electrons. The van der Waals surface area contributed by atoms with Crippen LogP contribution in [-0.4, -0.2) is 32.5 Å². The van der Waals surface area contributed by atoms with Gasteiger partial charge in [0.05, 0.1) is 17.2 Å². The number of rotatable bonds is 8. The summed E-state index contributed by atoms with van der Waals surface area (Å²) in [4.78, 5) is 0. The van der Waals surface area contributed by atoms with E-state index < -0.39 is 0 Å². The molecule has 118 valence electrons. The summed E-state index contributed by atoms with van der Waals surface area (Å²) in [5.41, 5.74) is 1.07. The van der Waals surface area contributed by atoms with Crippen molar-refractivity contribution in [3.63, 3.8) is 0 Å². The lowest BCUT2D eigenvalue weighted by Crippen LogP contribution is -2.22. The van der Waals surface area contributed by atoms with Crippen LogP contribution < -0.4 is 5.32 Å². The maximum atomic E-state index is 13.2. The van der Waals surface area contributed by atoms with Crippen molar-refractivity contribution in [2.24, 2.45) is 0 Å². The zero-order valence-corrected chi connectivity index (χ0v) is 14.0. The molecule has 2 rings (SSSR count). The molecule has 21 heavy (non-hydrogen) atoms. The van der Waals surface area contributed by atoms with E-state index in [0.29, 0.717) is 17.2 Å². The third kappa shape index (κ3) is 5.66. The maximum Gasteiger partial charge on any atom is 0.137 e. The largest absolute Gasteiger partial charge is 0.379 e. The summed E-state index contributed by atoms with van der Waals surface area (Å²) in [7, 11) is 0. The number of hydrogen-bond acceptors (Lipinski definition) is 3. The van der Waals surface area contributed by atoms with Gasteiger partial charge in [0.25, 0.3) is 0 Å². The molecule has 0 spiro atoms. The van der Waals surface area contributed by atoms with Gasteiger partial charge in [0.15, 0.2) is 0 Å². The highest BCUT2D eigenvalue weighted by molar-refractivity contribution is 9.10.